The Morgan fingerprint density at radius 2 is 2.36 bits per heavy atom. The van der Waals surface area contributed by atoms with Crippen molar-refractivity contribution in [2.24, 2.45) is 0 Å². The van der Waals surface area contributed by atoms with Crippen LogP contribution in [0.25, 0.3) is 5.65 Å². The van der Waals surface area contributed by atoms with E-state index in [9.17, 15) is 4.79 Å². The summed E-state index contributed by atoms with van der Waals surface area (Å²) in [4.78, 5) is 18.8. The molecule has 8 nitrogen and oxygen atoms in total. The Morgan fingerprint density at radius 3 is 3.23 bits per heavy atom. The summed E-state index contributed by atoms with van der Waals surface area (Å²) in [5, 5.41) is 11.5. The molecule has 1 amide bonds. The molecule has 112 valence electrons. The third kappa shape index (κ3) is 2.39. The molecular formula is C13H13N7OS. The van der Waals surface area contributed by atoms with Crippen LogP contribution in [0.5, 0.6) is 0 Å². The molecule has 1 N–H and O–H groups in total. The fourth-order valence-corrected chi connectivity index (χ4v) is 3.06. The molecule has 0 spiro atoms. The van der Waals surface area contributed by atoms with Crippen LogP contribution in [0.1, 0.15) is 16.1 Å². The van der Waals surface area contributed by atoms with Crippen LogP contribution in [-0.4, -0.2) is 54.1 Å². The van der Waals surface area contributed by atoms with Crippen LogP contribution in [0.4, 0.5) is 5.82 Å². The van der Waals surface area contributed by atoms with Crippen LogP contribution in [-0.2, 0) is 0 Å². The van der Waals surface area contributed by atoms with E-state index in [1.807, 2.05) is 23.2 Å². The van der Waals surface area contributed by atoms with Gasteiger partial charge in [0.15, 0.2) is 5.65 Å². The maximum Gasteiger partial charge on any atom is 0.267 e. The summed E-state index contributed by atoms with van der Waals surface area (Å²) in [6.45, 7) is 1.38. The number of aromatic nitrogens is 5. The highest BCUT2D eigenvalue weighted by Gasteiger charge is 2.28. The molecule has 0 radical (unpaired) electrons. The Morgan fingerprint density at radius 1 is 1.41 bits per heavy atom. The van der Waals surface area contributed by atoms with E-state index >= 15 is 0 Å². The minimum absolute atomic E-state index is 0.00248. The second kappa shape index (κ2) is 5.34. The Kier molecular flexibility index (Phi) is 3.19. The predicted octanol–water partition coefficient (Wildman–Crippen LogP) is 0.907. The quantitative estimate of drug-likeness (QED) is 0.773. The van der Waals surface area contributed by atoms with Gasteiger partial charge < -0.3 is 10.2 Å². The van der Waals surface area contributed by atoms with Crippen molar-refractivity contribution in [3.63, 3.8) is 0 Å². The van der Waals surface area contributed by atoms with Gasteiger partial charge in [0.25, 0.3) is 5.91 Å². The first kappa shape index (κ1) is 13.1. The fraction of sp³-hybridized carbons (Fsp3) is 0.308. The third-order valence-corrected chi connectivity index (χ3v) is 4.31. The topological polar surface area (TPSA) is 88.3 Å². The monoisotopic (exact) mass is 315 g/mol. The van der Waals surface area contributed by atoms with Gasteiger partial charge in [-0.05, 0) is 30.1 Å². The number of fused-ring (bicyclic) bond motifs is 1. The highest BCUT2D eigenvalue weighted by Crippen LogP contribution is 2.18. The summed E-state index contributed by atoms with van der Waals surface area (Å²) in [7, 11) is 0. The first-order valence-electron chi connectivity index (χ1n) is 6.93. The van der Waals surface area contributed by atoms with E-state index < -0.39 is 0 Å². The summed E-state index contributed by atoms with van der Waals surface area (Å²) in [6.07, 6.45) is 5.93. The first-order valence-corrected chi connectivity index (χ1v) is 7.70. The van der Waals surface area contributed by atoms with Crippen molar-refractivity contribution in [3.05, 3.63) is 35.6 Å². The van der Waals surface area contributed by atoms with Crippen molar-refractivity contribution >= 4 is 28.9 Å². The van der Waals surface area contributed by atoms with Gasteiger partial charge in [0.1, 0.15) is 10.7 Å². The SMILES string of the molecule is O=C(c1cnns1)N1CC[C@@H](Nc2ccc3nccn3n2)C1. The number of rotatable bonds is 3. The number of nitrogens with one attached hydrogen (secondary N) is 1. The zero-order chi connectivity index (χ0) is 14.9. The van der Waals surface area contributed by atoms with Gasteiger partial charge in [-0.3, -0.25) is 4.79 Å². The molecule has 0 aliphatic carbocycles. The number of imidazole rings is 1. The summed E-state index contributed by atoms with van der Waals surface area (Å²) < 4.78 is 5.46. The zero-order valence-electron chi connectivity index (χ0n) is 11.6. The standard InChI is InChI=1S/C13H13N7OS/c21-13(10-7-15-18-22-10)19-5-3-9(8-19)16-11-1-2-12-14-4-6-20(12)17-11/h1-2,4,6-7,9H,3,5,8H2,(H,16,17)/t9-/m1/s1. The van der Waals surface area contributed by atoms with Gasteiger partial charge in [0, 0.05) is 31.5 Å². The lowest BCUT2D eigenvalue weighted by Crippen LogP contribution is -2.31. The predicted molar refractivity (Wildman–Crippen MR) is 80.8 cm³/mol. The van der Waals surface area contributed by atoms with E-state index in [4.69, 9.17) is 0 Å². The van der Waals surface area contributed by atoms with E-state index in [0.29, 0.717) is 11.4 Å². The first-order chi connectivity index (χ1) is 10.8. The third-order valence-electron chi connectivity index (χ3n) is 3.65. The Labute approximate surface area is 129 Å². The normalized spacial score (nSPS) is 18.0. The van der Waals surface area contributed by atoms with E-state index in [-0.39, 0.29) is 11.9 Å². The molecule has 4 heterocycles. The molecule has 1 aliphatic heterocycles. The molecule has 0 saturated carbocycles. The van der Waals surface area contributed by atoms with E-state index in [1.165, 1.54) is 6.20 Å². The average Bonchev–Trinajstić information content (AvgIpc) is 3.27. The summed E-state index contributed by atoms with van der Waals surface area (Å²) in [5.41, 5.74) is 0.812. The molecule has 3 aromatic heterocycles. The van der Waals surface area contributed by atoms with E-state index in [0.717, 1.165) is 36.0 Å². The van der Waals surface area contributed by atoms with Crippen LogP contribution in [0.15, 0.2) is 30.7 Å². The number of carbonyl (C=O) groups is 1. The van der Waals surface area contributed by atoms with Crippen molar-refractivity contribution in [1.29, 1.82) is 0 Å². The van der Waals surface area contributed by atoms with Gasteiger partial charge in [-0.2, -0.15) is 0 Å². The molecule has 1 atom stereocenters. The van der Waals surface area contributed by atoms with Gasteiger partial charge in [0.05, 0.1) is 6.20 Å². The number of carbonyl (C=O) groups excluding carboxylic acids is 1. The fourth-order valence-electron chi connectivity index (χ4n) is 2.58. The summed E-state index contributed by atoms with van der Waals surface area (Å²) in [5.74, 6) is 0.779. The number of amides is 1. The summed E-state index contributed by atoms with van der Waals surface area (Å²) in [6, 6.07) is 4.01. The van der Waals surface area contributed by atoms with Crippen molar-refractivity contribution in [3.8, 4) is 0 Å². The maximum absolute atomic E-state index is 12.2. The minimum atomic E-state index is -0.00248. The van der Waals surface area contributed by atoms with Crippen molar-refractivity contribution < 1.29 is 4.79 Å². The molecule has 1 saturated heterocycles. The van der Waals surface area contributed by atoms with Gasteiger partial charge in [0.2, 0.25) is 0 Å². The van der Waals surface area contributed by atoms with Crippen LogP contribution >= 0.6 is 11.5 Å². The van der Waals surface area contributed by atoms with Gasteiger partial charge >= 0.3 is 0 Å². The van der Waals surface area contributed by atoms with E-state index in [1.54, 1.807) is 10.7 Å². The average molecular weight is 315 g/mol. The number of hydrogen-bond donors (Lipinski definition) is 1. The van der Waals surface area contributed by atoms with Crippen molar-refractivity contribution in [2.45, 2.75) is 12.5 Å². The Bertz CT molecular complexity index is 800. The molecule has 1 aliphatic rings. The molecule has 22 heavy (non-hydrogen) atoms. The van der Waals surface area contributed by atoms with Crippen molar-refractivity contribution in [2.75, 3.05) is 18.4 Å². The Hall–Kier alpha value is -2.55. The molecular weight excluding hydrogens is 302 g/mol. The molecule has 1 fully saturated rings. The number of anilines is 1. The second-order valence-corrected chi connectivity index (χ2v) is 5.90. The van der Waals surface area contributed by atoms with Gasteiger partial charge in [-0.25, -0.2) is 9.50 Å². The van der Waals surface area contributed by atoms with Crippen LogP contribution in [0, 0.1) is 0 Å². The van der Waals surface area contributed by atoms with Crippen molar-refractivity contribution in [1.82, 2.24) is 29.1 Å². The smallest absolute Gasteiger partial charge is 0.267 e. The number of likely N-dealkylation sites (tertiary alicyclic amines) is 1. The van der Waals surface area contributed by atoms with E-state index in [2.05, 4.69) is 25.0 Å². The number of nitrogens with zero attached hydrogens (tertiary/aromatic N) is 6. The Balaban J connectivity index is 1.43. The van der Waals surface area contributed by atoms with Crippen LogP contribution in [0.3, 0.4) is 0 Å². The molecule has 0 aromatic carbocycles. The van der Waals surface area contributed by atoms with Crippen LogP contribution in [0.2, 0.25) is 0 Å². The minimum Gasteiger partial charge on any atom is -0.364 e. The lowest BCUT2D eigenvalue weighted by Gasteiger charge is -2.16. The van der Waals surface area contributed by atoms with Gasteiger partial charge in [-0.1, -0.05) is 4.49 Å². The maximum atomic E-state index is 12.2. The number of hydrogen-bond acceptors (Lipinski definition) is 7. The summed E-state index contributed by atoms with van der Waals surface area (Å²) >= 11 is 1.13. The highest BCUT2D eigenvalue weighted by atomic mass is 32.1. The van der Waals surface area contributed by atoms with Gasteiger partial charge in [-0.15, -0.1) is 10.2 Å². The lowest BCUT2D eigenvalue weighted by atomic mass is 10.2. The molecule has 9 heteroatoms. The lowest BCUT2D eigenvalue weighted by molar-refractivity contribution is 0.0796. The molecule has 0 bridgehead atoms. The van der Waals surface area contributed by atoms with Crippen LogP contribution < -0.4 is 5.32 Å². The molecule has 4 rings (SSSR count). The second-order valence-electron chi connectivity index (χ2n) is 5.11. The highest BCUT2D eigenvalue weighted by molar-refractivity contribution is 7.07. The molecule has 0 unspecified atom stereocenters. The zero-order valence-corrected chi connectivity index (χ0v) is 12.4. The largest absolute Gasteiger partial charge is 0.364 e. The molecule has 3 aromatic rings.